The number of fused-ring (bicyclic) bond motifs is 2. The van der Waals surface area contributed by atoms with Crippen molar-refractivity contribution in [1.82, 2.24) is 20.1 Å². The molecule has 50 heavy (non-hydrogen) atoms. The number of nitrogens with zero attached hydrogens (tertiary/aromatic N) is 3. The first-order chi connectivity index (χ1) is 24.0. The third kappa shape index (κ3) is 8.08. The zero-order valence-electron chi connectivity index (χ0n) is 28.7. The van der Waals surface area contributed by atoms with E-state index in [4.69, 9.17) is 18.6 Å². The summed E-state index contributed by atoms with van der Waals surface area (Å²) in [6, 6.07) is 17.5. The number of hydrogen-bond donors (Lipinski definition) is 2. The number of carbonyl (C=O) groups excluding carboxylic acids is 3. The molecular weight excluding hydrogens is 640 g/mol. The largest absolute Gasteiger partial charge is 0.497 e. The molecule has 12 nitrogen and oxygen atoms in total. The fraction of sp³-hybridized carbons (Fsp3) is 0.368. The maximum absolute atomic E-state index is 13.4. The van der Waals surface area contributed by atoms with Gasteiger partial charge in [0.15, 0.2) is 12.2 Å². The molecule has 3 heterocycles. The van der Waals surface area contributed by atoms with Crippen LogP contribution < -0.4 is 14.8 Å². The van der Waals surface area contributed by atoms with Crippen LogP contribution in [0.2, 0.25) is 0 Å². The summed E-state index contributed by atoms with van der Waals surface area (Å²) in [6.45, 7) is 6.68. The van der Waals surface area contributed by atoms with Crippen molar-refractivity contribution in [1.29, 1.82) is 0 Å². The Kier molecular flexibility index (Phi) is 10.1. The van der Waals surface area contributed by atoms with Crippen LogP contribution in [0.4, 0.5) is 4.79 Å². The molecule has 3 amide bonds. The van der Waals surface area contributed by atoms with E-state index in [0.717, 1.165) is 22.3 Å². The zero-order chi connectivity index (χ0) is 35.4. The normalized spacial score (nSPS) is 16.1. The van der Waals surface area contributed by atoms with Crippen LogP contribution in [0.15, 0.2) is 77.7 Å². The van der Waals surface area contributed by atoms with E-state index in [2.05, 4.69) is 10.3 Å². The summed E-state index contributed by atoms with van der Waals surface area (Å²) in [4.78, 5) is 47.0. The fourth-order valence-electron chi connectivity index (χ4n) is 6.23. The third-order valence-electron chi connectivity index (χ3n) is 8.86. The van der Waals surface area contributed by atoms with Gasteiger partial charge in [-0.1, -0.05) is 12.1 Å². The molecule has 2 aliphatic rings. The highest BCUT2D eigenvalue weighted by Crippen LogP contribution is 2.30. The van der Waals surface area contributed by atoms with Gasteiger partial charge in [-0.25, -0.2) is 9.78 Å². The molecule has 0 spiro atoms. The number of aliphatic hydroxyl groups is 1. The van der Waals surface area contributed by atoms with E-state index in [9.17, 15) is 19.5 Å². The van der Waals surface area contributed by atoms with Crippen LogP contribution in [0.25, 0.3) is 0 Å². The first-order valence-electron chi connectivity index (χ1n) is 16.6. The molecule has 4 aromatic rings. The van der Waals surface area contributed by atoms with Gasteiger partial charge in [0.25, 0.3) is 11.8 Å². The van der Waals surface area contributed by atoms with Gasteiger partial charge >= 0.3 is 6.09 Å². The Morgan fingerprint density at radius 2 is 1.70 bits per heavy atom. The first-order valence-corrected chi connectivity index (χ1v) is 16.6. The summed E-state index contributed by atoms with van der Waals surface area (Å²) >= 11 is 0. The summed E-state index contributed by atoms with van der Waals surface area (Å²) in [5.41, 5.74) is 4.12. The van der Waals surface area contributed by atoms with Crippen LogP contribution in [0.3, 0.4) is 0 Å². The molecule has 0 fully saturated rings. The standard InChI is InChI=1S/C38H42N4O8/c1-38(2,3)50-37(46)42-21-29-16-31(48-22-32-18-39-23-49-32)12-9-25(29)17-33(42)34(43)19-40-35(44)27-5-6-28-20-41(14-13-26(28)15-27)36(45)24-7-10-30(47-4)11-8-24/h5-12,15-16,18,23,33-34,43H,13-14,17,19-22H2,1-4H3,(H,40,44)/t33-,34+/m0/s1. The number of amides is 3. The van der Waals surface area contributed by atoms with Crippen LogP contribution in [0.1, 0.15) is 69.5 Å². The number of rotatable bonds is 9. The number of aliphatic hydroxyl groups excluding tert-OH is 1. The number of aromatic nitrogens is 1. The molecule has 1 aromatic heterocycles. The summed E-state index contributed by atoms with van der Waals surface area (Å²) in [5.74, 6) is 1.49. The molecule has 12 heteroatoms. The second kappa shape index (κ2) is 14.6. The van der Waals surface area contributed by atoms with E-state index in [1.807, 2.05) is 30.3 Å². The Morgan fingerprint density at radius 1 is 0.960 bits per heavy atom. The Morgan fingerprint density at radius 3 is 2.42 bits per heavy atom. The topological polar surface area (TPSA) is 144 Å². The van der Waals surface area contributed by atoms with Crippen LogP contribution in [-0.4, -0.2) is 75.7 Å². The molecule has 2 N–H and O–H groups in total. The minimum absolute atomic E-state index is 0.0588. The van der Waals surface area contributed by atoms with Gasteiger partial charge in [-0.05, 0) is 104 Å². The minimum atomic E-state index is -1.07. The van der Waals surface area contributed by atoms with Crippen molar-refractivity contribution >= 4 is 17.9 Å². The molecule has 0 aliphatic carbocycles. The number of benzene rings is 3. The summed E-state index contributed by atoms with van der Waals surface area (Å²) < 4.78 is 22.0. The predicted octanol–water partition coefficient (Wildman–Crippen LogP) is 4.91. The third-order valence-corrected chi connectivity index (χ3v) is 8.86. The monoisotopic (exact) mass is 682 g/mol. The number of ether oxygens (including phenoxy) is 3. The molecule has 0 unspecified atom stereocenters. The zero-order valence-corrected chi connectivity index (χ0v) is 28.7. The number of oxazole rings is 1. The van der Waals surface area contributed by atoms with Crippen molar-refractivity contribution in [2.75, 3.05) is 20.2 Å². The lowest BCUT2D eigenvalue weighted by atomic mass is 9.91. The lowest BCUT2D eigenvalue weighted by Crippen LogP contribution is -2.54. The molecule has 2 atom stereocenters. The number of methoxy groups -OCH3 is 1. The van der Waals surface area contributed by atoms with Crippen molar-refractivity contribution in [3.8, 4) is 11.5 Å². The highest BCUT2D eigenvalue weighted by Gasteiger charge is 2.37. The van der Waals surface area contributed by atoms with Crippen LogP contribution in [0.5, 0.6) is 11.5 Å². The van der Waals surface area contributed by atoms with Gasteiger partial charge in [-0.2, -0.15) is 0 Å². The molecule has 0 saturated carbocycles. The molecule has 6 rings (SSSR count). The van der Waals surface area contributed by atoms with Gasteiger partial charge in [0.1, 0.15) is 23.7 Å². The predicted molar refractivity (Wildman–Crippen MR) is 183 cm³/mol. The van der Waals surface area contributed by atoms with E-state index >= 15 is 0 Å². The quantitative estimate of drug-likeness (QED) is 0.252. The first kappa shape index (κ1) is 34.5. The molecule has 262 valence electrons. The number of nitrogens with one attached hydrogen (secondary N) is 1. The molecule has 0 radical (unpaired) electrons. The molecule has 2 aliphatic heterocycles. The van der Waals surface area contributed by atoms with Crippen LogP contribution in [0, 0.1) is 0 Å². The summed E-state index contributed by atoms with van der Waals surface area (Å²) in [7, 11) is 1.58. The Labute approximate surface area is 290 Å². The van der Waals surface area contributed by atoms with Gasteiger partial charge in [0.05, 0.1) is 25.5 Å². The van der Waals surface area contributed by atoms with Gasteiger partial charge in [0.2, 0.25) is 0 Å². The van der Waals surface area contributed by atoms with Gasteiger partial charge in [0, 0.05) is 37.3 Å². The second-order valence-corrected chi connectivity index (χ2v) is 13.5. The van der Waals surface area contributed by atoms with E-state index in [-0.39, 0.29) is 31.5 Å². The Balaban J connectivity index is 1.10. The molecule has 0 bridgehead atoms. The van der Waals surface area contributed by atoms with Gasteiger partial charge in [-0.3, -0.25) is 14.5 Å². The van der Waals surface area contributed by atoms with Crippen LogP contribution in [-0.2, 0) is 37.3 Å². The SMILES string of the molecule is COc1ccc(C(=O)N2CCc3cc(C(=O)NC[C@@H](O)[C@@H]4Cc5ccc(OCc6cnco6)cc5CN4C(=O)OC(C)(C)C)ccc3C2)cc1. The van der Waals surface area contributed by atoms with Crippen molar-refractivity contribution in [2.24, 2.45) is 0 Å². The van der Waals surface area contributed by atoms with E-state index in [1.165, 1.54) is 11.3 Å². The Bertz CT molecular complexity index is 1830. The minimum Gasteiger partial charge on any atom is -0.497 e. The van der Waals surface area contributed by atoms with Crippen LogP contribution >= 0.6 is 0 Å². The van der Waals surface area contributed by atoms with Crippen molar-refractivity contribution in [2.45, 2.75) is 71.1 Å². The molecule has 0 saturated heterocycles. The van der Waals surface area contributed by atoms with E-state index < -0.39 is 23.8 Å². The smallest absolute Gasteiger partial charge is 0.410 e. The summed E-state index contributed by atoms with van der Waals surface area (Å²) in [5, 5.41) is 14.3. The number of hydrogen-bond acceptors (Lipinski definition) is 9. The van der Waals surface area contributed by atoms with Gasteiger partial charge < -0.3 is 34.0 Å². The average Bonchev–Trinajstić information content (AvgIpc) is 3.64. The van der Waals surface area contributed by atoms with Crippen molar-refractivity contribution < 1.29 is 38.1 Å². The maximum Gasteiger partial charge on any atom is 0.410 e. The lowest BCUT2D eigenvalue weighted by molar-refractivity contribution is -0.0113. The number of carbonyl (C=O) groups is 3. The molecular formula is C38H42N4O8. The Hall–Kier alpha value is -5.36. The van der Waals surface area contributed by atoms with Crippen molar-refractivity contribution in [3.63, 3.8) is 0 Å². The van der Waals surface area contributed by atoms with Crippen molar-refractivity contribution in [3.05, 3.63) is 112 Å². The van der Waals surface area contributed by atoms with E-state index in [1.54, 1.807) is 69.3 Å². The lowest BCUT2D eigenvalue weighted by Gasteiger charge is -2.40. The molecule has 3 aromatic carbocycles. The summed E-state index contributed by atoms with van der Waals surface area (Å²) in [6.07, 6.45) is 2.27. The fourth-order valence-corrected chi connectivity index (χ4v) is 6.23. The highest BCUT2D eigenvalue weighted by atomic mass is 16.6. The van der Waals surface area contributed by atoms with Gasteiger partial charge in [-0.15, -0.1) is 0 Å². The average molecular weight is 683 g/mol. The van der Waals surface area contributed by atoms with E-state index in [0.29, 0.717) is 54.3 Å². The second-order valence-electron chi connectivity index (χ2n) is 13.5. The highest BCUT2D eigenvalue weighted by molar-refractivity contribution is 5.95. The maximum atomic E-state index is 13.4.